The second-order valence-electron chi connectivity index (χ2n) is 3.48. The lowest BCUT2D eigenvalue weighted by molar-refractivity contribution is 0.292. The lowest BCUT2D eigenvalue weighted by Gasteiger charge is -2.42. The van der Waals surface area contributed by atoms with Crippen LogP contribution in [0.2, 0.25) is 0 Å². The summed E-state index contributed by atoms with van der Waals surface area (Å²) in [7, 11) is 5.23. The normalized spacial score (nSPS) is 26.4. The van der Waals surface area contributed by atoms with Crippen molar-refractivity contribution in [1.82, 2.24) is 14.0 Å². The Morgan fingerprint density at radius 1 is 1.17 bits per heavy atom. The van der Waals surface area contributed by atoms with E-state index in [9.17, 15) is 4.57 Å². The van der Waals surface area contributed by atoms with Crippen LogP contribution in [0.3, 0.4) is 0 Å². The van der Waals surface area contributed by atoms with Crippen molar-refractivity contribution < 1.29 is 4.57 Å². The summed E-state index contributed by atoms with van der Waals surface area (Å²) < 4.78 is 18.1. The van der Waals surface area contributed by atoms with Crippen molar-refractivity contribution in [3.63, 3.8) is 0 Å². The first-order valence-corrected chi connectivity index (χ1v) is 5.77. The third-order valence-corrected chi connectivity index (χ3v) is 5.60. The van der Waals surface area contributed by atoms with Crippen molar-refractivity contribution in [1.29, 1.82) is 0 Å². The minimum absolute atomic E-state index is 0.930. The first-order chi connectivity index (χ1) is 5.49. The van der Waals surface area contributed by atoms with Crippen molar-refractivity contribution in [2.45, 2.75) is 6.42 Å². The van der Waals surface area contributed by atoms with Crippen LogP contribution in [0.1, 0.15) is 6.42 Å². The minimum atomic E-state index is -2.37. The van der Waals surface area contributed by atoms with Crippen LogP contribution in [-0.4, -0.2) is 55.3 Å². The van der Waals surface area contributed by atoms with E-state index in [0.29, 0.717) is 0 Å². The quantitative estimate of drug-likeness (QED) is 0.576. The molecule has 1 fully saturated rings. The molecule has 0 aromatic rings. The highest BCUT2D eigenvalue weighted by atomic mass is 31.2. The highest BCUT2D eigenvalue weighted by Crippen LogP contribution is 2.54. The second kappa shape index (κ2) is 3.46. The largest absolute Gasteiger partial charge is 0.285 e. The van der Waals surface area contributed by atoms with Gasteiger partial charge in [0.15, 0.2) is 0 Å². The number of hydrogen-bond donors (Lipinski definition) is 0. The number of hydrogen-bond acceptors (Lipinski definition) is 1. The van der Waals surface area contributed by atoms with E-state index in [1.165, 1.54) is 0 Å². The van der Waals surface area contributed by atoms with Gasteiger partial charge in [-0.3, -0.25) is 4.57 Å². The number of rotatable bonds is 1. The fourth-order valence-electron chi connectivity index (χ4n) is 1.66. The molecule has 0 amide bonds. The molecule has 0 saturated carbocycles. The Bertz CT molecular complexity index is 193. The molecule has 1 heterocycles. The average Bonchev–Trinajstić information content (AvgIpc) is 1.99. The molecule has 4 nitrogen and oxygen atoms in total. The van der Waals surface area contributed by atoms with Crippen molar-refractivity contribution in [2.24, 2.45) is 0 Å². The maximum absolute atomic E-state index is 12.4. The van der Waals surface area contributed by atoms with Crippen molar-refractivity contribution in [3.8, 4) is 0 Å². The van der Waals surface area contributed by atoms with Crippen LogP contribution >= 0.6 is 7.59 Å². The lowest BCUT2D eigenvalue weighted by atomic mass is 10.4. The van der Waals surface area contributed by atoms with Gasteiger partial charge in [0.2, 0.25) is 0 Å². The summed E-state index contributed by atoms with van der Waals surface area (Å²) >= 11 is 0. The summed E-state index contributed by atoms with van der Waals surface area (Å²) in [5.74, 6) is 0. The Morgan fingerprint density at radius 2 is 1.58 bits per heavy atom. The molecule has 0 radical (unpaired) electrons. The van der Waals surface area contributed by atoms with Crippen molar-refractivity contribution in [2.75, 3.05) is 41.3 Å². The van der Waals surface area contributed by atoms with E-state index >= 15 is 0 Å². The third kappa shape index (κ3) is 1.44. The molecule has 0 N–H and O–H groups in total. The molecule has 0 aliphatic carbocycles. The van der Waals surface area contributed by atoms with Gasteiger partial charge in [0.05, 0.1) is 0 Å². The van der Waals surface area contributed by atoms with Gasteiger partial charge in [0.25, 0.3) is 7.59 Å². The van der Waals surface area contributed by atoms with Gasteiger partial charge in [-0.25, -0.2) is 14.0 Å². The summed E-state index contributed by atoms with van der Waals surface area (Å²) in [6, 6.07) is 0. The third-order valence-electron chi connectivity index (χ3n) is 2.37. The van der Waals surface area contributed by atoms with Crippen LogP contribution in [0.5, 0.6) is 0 Å². The van der Waals surface area contributed by atoms with E-state index in [0.717, 1.165) is 19.5 Å². The molecule has 12 heavy (non-hydrogen) atoms. The smallest absolute Gasteiger partial charge is 0.270 e. The lowest BCUT2D eigenvalue weighted by Crippen LogP contribution is -2.40. The Kier molecular flexibility index (Phi) is 2.94. The van der Waals surface area contributed by atoms with Gasteiger partial charge in [-0.15, -0.1) is 0 Å². The van der Waals surface area contributed by atoms with Crippen LogP contribution in [-0.2, 0) is 4.57 Å². The molecule has 0 spiro atoms. The molecule has 1 aliphatic heterocycles. The topological polar surface area (TPSA) is 26.8 Å². The Balaban J connectivity index is 2.88. The van der Waals surface area contributed by atoms with Gasteiger partial charge in [0, 0.05) is 13.1 Å². The predicted octanol–water partition coefficient (Wildman–Crippen LogP) is 0.923. The van der Waals surface area contributed by atoms with Crippen LogP contribution < -0.4 is 0 Å². The summed E-state index contributed by atoms with van der Waals surface area (Å²) in [4.78, 5) is 0. The molecule has 0 aromatic heterocycles. The van der Waals surface area contributed by atoms with E-state index in [2.05, 4.69) is 0 Å². The van der Waals surface area contributed by atoms with Gasteiger partial charge in [0.1, 0.15) is 0 Å². The standard InChI is InChI=1S/C7H18N3OP/c1-8(2)12(11)9(3)6-5-7-10(12)4/h5-7H2,1-4H3. The maximum atomic E-state index is 12.4. The summed E-state index contributed by atoms with van der Waals surface area (Å²) in [5.41, 5.74) is 0. The number of nitrogens with zero attached hydrogens (tertiary/aromatic N) is 3. The highest BCUT2D eigenvalue weighted by Gasteiger charge is 2.37. The molecule has 0 atom stereocenters. The zero-order valence-electron chi connectivity index (χ0n) is 8.32. The first-order valence-electron chi connectivity index (χ1n) is 4.20. The SMILES string of the molecule is CN(C)P1(=O)N(C)CCCN1C. The Hall–Kier alpha value is 0.110. The summed E-state index contributed by atoms with van der Waals surface area (Å²) in [6.45, 7) is 1.86. The molecular weight excluding hydrogens is 173 g/mol. The van der Waals surface area contributed by atoms with Crippen molar-refractivity contribution in [3.05, 3.63) is 0 Å². The predicted molar refractivity (Wildman–Crippen MR) is 51.2 cm³/mol. The molecular formula is C7H18N3OP. The average molecular weight is 191 g/mol. The molecule has 1 aliphatic rings. The van der Waals surface area contributed by atoms with Gasteiger partial charge in [-0.2, -0.15) is 0 Å². The molecule has 1 saturated heterocycles. The minimum Gasteiger partial charge on any atom is -0.270 e. The van der Waals surface area contributed by atoms with Crippen LogP contribution in [0, 0.1) is 0 Å². The fraction of sp³-hybridized carbons (Fsp3) is 1.00. The molecule has 5 heteroatoms. The van der Waals surface area contributed by atoms with Gasteiger partial charge in [-0.1, -0.05) is 0 Å². The summed E-state index contributed by atoms with van der Waals surface area (Å²) in [6.07, 6.45) is 1.10. The van der Waals surface area contributed by atoms with E-state index < -0.39 is 7.59 Å². The molecule has 1 rings (SSSR count). The Labute approximate surface area is 74.7 Å². The zero-order valence-corrected chi connectivity index (χ0v) is 9.21. The van der Waals surface area contributed by atoms with E-state index in [1.54, 1.807) is 0 Å². The zero-order chi connectivity index (χ0) is 9.35. The van der Waals surface area contributed by atoms with E-state index in [1.807, 2.05) is 42.2 Å². The molecule has 0 bridgehead atoms. The van der Waals surface area contributed by atoms with Gasteiger partial charge in [-0.05, 0) is 34.6 Å². The second-order valence-corrected chi connectivity index (χ2v) is 6.67. The molecule has 72 valence electrons. The summed E-state index contributed by atoms with van der Waals surface area (Å²) in [5, 5.41) is 0. The Morgan fingerprint density at radius 3 is 1.83 bits per heavy atom. The highest BCUT2D eigenvalue weighted by molar-refractivity contribution is 7.56. The maximum Gasteiger partial charge on any atom is 0.285 e. The van der Waals surface area contributed by atoms with Gasteiger partial charge >= 0.3 is 0 Å². The van der Waals surface area contributed by atoms with Crippen LogP contribution in [0.15, 0.2) is 0 Å². The van der Waals surface area contributed by atoms with Crippen LogP contribution in [0.25, 0.3) is 0 Å². The van der Waals surface area contributed by atoms with E-state index in [-0.39, 0.29) is 0 Å². The van der Waals surface area contributed by atoms with Crippen molar-refractivity contribution >= 4 is 7.59 Å². The van der Waals surface area contributed by atoms with E-state index in [4.69, 9.17) is 0 Å². The monoisotopic (exact) mass is 191 g/mol. The molecule has 0 unspecified atom stereocenters. The van der Waals surface area contributed by atoms with Gasteiger partial charge < -0.3 is 0 Å². The first kappa shape index (κ1) is 10.2. The fourth-order valence-corrected chi connectivity index (χ4v) is 4.21. The van der Waals surface area contributed by atoms with Crippen LogP contribution in [0.4, 0.5) is 0 Å². The molecule has 0 aromatic carbocycles.